The van der Waals surface area contributed by atoms with Crippen molar-refractivity contribution in [1.82, 2.24) is 15.3 Å². The molecule has 1 N–H and O–H groups in total. The number of rotatable bonds is 1. The summed E-state index contributed by atoms with van der Waals surface area (Å²) in [5.74, 6) is -0.313. The molecule has 0 spiro atoms. The molecule has 1 aliphatic rings. The van der Waals surface area contributed by atoms with Gasteiger partial charge in [0.2, 0.25) is 0 Å². The van der Waals surface area contributed by atoms with E-state index in [-0.39, 0.29) is 17.2 Å². The van der Waals surface area contributed by atoms with Gasteiger partial charge in [0.15, 0.2) is 5.69 Å². The predicted molar refractivity (Wildman–Crippen MR) is 68.6 cm³/mol. The molecule has 1 saturated heterocycles. The first-order chi connectivity index (χ1) is 9.27. The van der Waals surface area contributed by atoms with E-state index in [9.17, 15) is 9.59 Å². The van der Waals surface area contributed by atoms with Crippen molar-refractivity contribution >= 4 is 16.7 Å². The number of benzene rings is 1. The number of H-pyrrole nitrogens is 1. The van der Waals surface area contributed by atoms with E-state index in [2.05, 4.69) is 10.2 Å². The Morgan fingerprint density at radius 3 is 2.79 bits per heavy atom. The van der Waals surface area contributed by atoms with Crippen LogP contribution in [-0.2, 0) is 4.84 Å². The van der Waals surface area contributed by atoms with Gasteiger partial charge < -0.3 is 0 Å². The average Bonchev–Trinajstić information content (AvgIpc) is 2.48. The highest BCUT2D eigenvalue weighted by atomic mass is 16.7. The van der Waals surface area contributed by atoms with Crippen LogP contribution in [0.3, 0.4) is 0 Å². The molecular weight excluding hydrogens is 246 g/mol. The third kappa shape index (κ3) is 2.10. The zero-order valence-electron chi connectivity index (χ0n) is 10.3. The van der Waals surface area contributed by atoms with Crippen LogP contribution in [0.2, 0.25) is 0 Å². The van der Waals surface area contributed by atoms with Crippen LogP contribution < -0.4 is 5.56 Å². The third-order valence-corrected chi connectivity index (χ3v) is 3.13. The first kappa shape index (κ1) is 11.9. The standard InChI is InChI=1S/C13H13N3O3/c17-12-10-6-2-1-5-9(10)11(14-15-12)13(18)16-7-3-4-8-19-16/h1-2,5-6H,3-4,7-8H2,(H,15,17). The van der Waals surface area contributed by atoms with E-state index < -0.39 is 0 Å². The van der Waals surface area contributed by atoms with E-state index in [1.54, 1.807) is 24.3 Å². The van der Waals surface area contributed by atoms with E-state index in [4.69, 9.17) is 4.84 Å². The fourth-order valence-corrected chi connectivity index (χ4v) is 2.15. The molecule has 0 radical (unpaired) electrons. The van der Waals surface area contributed by atoms with Gasteiger partial charge in [-0.25, -0.2) is 10.2 Å². The average molecular weight is 259 g/mol. The Morgan fingerprint density at radius 2 is 2.05 bits per heavy atom. The molecule has 19 heavy (non-hydrogen) atoms. The molecule has 3 rings (SSSR count). The molecular formula is C13H13N3O3. The summed E-state index contributed by atoms with van der Waals surface area (Å²) >= 11 is 0. The lowest BCUT2D eigenvalue weighted by Crippen LogP contribution is -2.36. The molecule has 2 aromatic rings. The lowest BCUT2D eigenvalue weighted by atomic mass is 10.1. The van der Waals surface area contributed by atoms with Crippen LogP contribution in [0.1, 0.15) is 23.3 Å². The van der Waals surface area contributed by atoms with Crippen LogP contribution in [0.5, 0.6) is 0 Å². The lowest BCUT2D eigenvalue weighted by Gasteiger charge is -2.25. The topological polar surface area (TPSA) is 75.3 Å². The number of amides is 1. The van der Waals surface area contributed by atoms with Gasteiger partial charge in [0.25, 0.3) is 11.5 Å². The maximum Gasteiger partial charge on any atom is 0.298 e. The van der Waals surface area contributed by atoms with Gasteiger partial charge in [0, 0.05) is 11.9 Å². The minimum Gasteiger partial charge on any atom is -0.271 e. The quantitative estimate of drug-likeness (QED) is 0.831. The van der Waals surface area contributed by atoms with E-state index in [0.717, 1.165) is 12.8 Å². The van der Waals surface area contributed by atoms with Gasteiger partial charge in [-0.3, -0.25) is 14.4 Å². The Morgan fingerprint density at radius 1 is 1.26 bits per heavy atom. The maximum atomic E-state index is 12.3. The smallest absolute Gasteiger partial charge is 0.271 e. The predicted octanol–water partition coefficient (Wildman–Crippen LogP) is 1.09. The summed E-state index contributed by atoms with van der Waals surface area (Å²) in [4.78, 5) is 29.3. The molecule has 1 aromatic carbocycles. The summed E-state index contributed by atoms with van der Waals surface area (Å²) in [6.07, 6.45) is 1.86. The van der Waals surface area contributed by atoms with Gasteiger partial charge in [-0.1, -0.05) is 18.2 Å². The van der Waals surface area contributed by atoms with Gasteiger partial charge in [-0.05, 0) is 18.9 Å². The molecule has 0 saturated carbocycles. The summed E-state index contributed by atoms with van der Waals surface area (Å²) < 4.78 is 0. The van der Waals surface area contributed by atoms with Gasteiger partial charge >= 0.3 is 0 Å². The highest BCUT2D eigenvalue weighted by Gasteiger charge is 2.23. The van der Waals surface area contributed by atoms with E-state index >= 15 is 0 Å². The molecule has 98 valence electrons. The van der Waals surface area contributed by atoms with Crippen LogP contribution in [0, 0.1) is 0 Å². The number of aromatic nitrogens is 2. The van der Waals surface area contributed by atoms with Crippen LogP contribution in [0.4, 0.5) is 0 Å². The largest absolute Gasteiger partial charge is 0.298 e. The van der Waals surface area contributed by atoms with Gasteiger partial charge in [0.1, 0.15) is 0 Å². The SMILES string of the molecule is O=C(c1n[nH]c(=O)c2ccccc12)N1CCCCO1. The van der Waals surface area contributed by atoms with Crippen molar-refractivity contribution in [3.63, 3.8) is 0 Å². The normalized spacial score (nSPS) is 15.7. The molecule has 6 heteroatoms. The summed E-state index contributed by atoms with van der Waals surface area (Å²) in [6, 6.07) is 6.92. The summed E-state index contributed by atoms with van der Waals surface area (Å²) in [5.41, 5.74) is -0.0798. The number of hydrogen-bond acceptors (Lipinski definition) is 4. The Bertz CT molecular complexity index is 674. The van der Waals surface area contributed by atoms with Crippen LogP contribution in [0.25, 0.3) is 10.8 Å². The number of aromatic amines is 1. The number of fused-ring (bicyclic) bond motifs is 1. The number of carbonyl (C=O) groups excluding carboxylic acids is 1. The van der Waals surface area contributed by atoms with Crippen molar-refractivity contribution in [2.75, 3.05) is 13.2 Å². The molecule has 1 aliphatic heterocycles. The molecule has 6 nitrogen and oxygen atoms in total. The minimum atomic E-state index is -0.313. The fraction of sp³-hybridized carbons (Fsp3) is 0.308. The van der Waals surface area contributed by atoms with Gasteiger partial charge in [0.05, 0.1) is 12.0 Å². The second-order valence-electron chi connectivity index (χ2n) is 4.39. The Kier molecular flexibility index (Phi) is 3.00. The fourth-order valence-electron chi connectivity index (χ4n) is 2.15. The van der Waals surface area contributed by atoms with Crippen molar-refractivity contribution in [3.05, 3.63) is 40.3 Å². The molecule has 0 bridgehead atoms. The number of nitrogens with one attached hydrogen (secondary N) is 1. The Labute approximate surface area is 108 Å². The maximum absolute atomic E-state index is 12.3. The zero-order chi connectivity index (χ0) is 13.2. The molecule has 0 atom stereocenters. The van der Waals surface area contributed by atoms with Crippen molar-refractivity contribution in [1.29, 1.82) is 0 Å². The van der Waals surface area contributed by atoms with E-state index in [1.807, 2.05) is 0 Å². The van der Waals surface area contributed by atoms with Crippen LogP contribution in [-0.4, -0.2) is 34.3 Å². The molecule has 2 heterocycles. The molecule has 0 aliphatic carbocycles. The number of carbonyl (C=O) groups is 1. The molecule has 1 amide bonds. The Hall–Kier alpha value is -2.21. The van der Waals surface area contributed by atoms with Gasteiger partial charge in [-0.2, -0.15) is 5.10 Å². The first-order valence-corrected chi connectivity index (χ1v) is 6.19. The number of nitrogens with zero attached hydrogens (tertiary/aromatic N) is 2. The summed E-state index contributed by atoms with van der Waals surface area (Å²) in [6.45, 7) is 1.08. The van der Waals surface area contributed by atoms with Gasteiger partial charge in [-0.15, -0.1) is 0 Å². The lowest BCUT2D eigenvalue weighted by molar-refractivity contribution is -0.144. The highest BCUT2D eigenvalue weighted by Crippen LogP contribution is 2.16. The minimum absolute atomic E-state index is 0.220. The number of hydrogen-bond donors (Lipinski definition) is 1. The molecule has 1 fully saturated rings. The highest BCUT2D eigenvalue weighted by molar-refractivity contribution is 6.04. The van der Waals surface area contributed by atoms with E-state index in [1.165, 1.54) is 5.06 Å². The number of hydroxylamine groups is 2. The van der Waals surface area contributed by atoms with Crippen LogP contribution in [0.15, 0.2) is 29.1 Å². The first-order valence-electron chi connectivity index (χ1n) is 6.19. The zero-order valence-corrected chi connectivity index (χ0v) is 10.3. The van der Waals surface area contributed by atoms with Crippen molar-refractivity contribution < 1.29 is 9.63 Å². The van der Waals surface area contributed by atoms with Crippen molar-refractivity contribution in [3.8, 4) is 0 Å². The summed E-state index contributed by atoms with van der Waals surface area (Å²) in [7, 11) is 0. The van der Waals surface area contributed by atoms with Crippen molar-refractivity contribution in [2.45, 2.75) is 12.8 Å². The second-order valence-corrected chi connectivity index (χ2v) is 4.39. The monoisotopic (exact) mass is 259 g/mol. The third-order valence-electron chi connectivity index (χ3n) is 3.13. The Balaban J connectivity index is 2.07. The second kappa shape index (κ2) is 4.81. The molecule has 1 aromatic heterocycles. The van der Waals surface area contributed by atoms with Crippen molar-refractivity contribution in [2.24, 2.45) is 0 Å². The molecule has 0 unspecified atom stereocenters. The summed E-state index contributed by atoms with van der Waals surface area (Å²) in [5, 5.41) is 8.55. The van der Waals surface area contributed by atoms with Crippen LogP contribution >= 0.6 is 0 Å². The van der Waals surface area contributed by atoms with E-state index in [0.29, 0.717) is 23.9 Å².